The van der Waals surface area contributed by atoms with E-state index in [1.165, 1.54) is 6.08 Å². The largest absolute Gasteiger partial charge is 0.299 e. The van der Waals surface area contributed by atoms with Crippen molar-refractivity contribution in [3.05, 3.63) is 23.0 Å². The molecule has 0 unspecified atom stereocenters. The summed E-state index contributed by atoms with van der Waals surface area (Å²) in [4.78, 5) is 10.2. The quantitative estimate of drug-likeness (QED) is 0.544. The number of carbonyl (C=O) groups is 1. The van der Waals surface area contributed by atoms with Crippen molar-refractivity contribution in [2.75, 3.05) is 0 Å². The van der Waals surface area contributed by atoms with Crippen LogP contribution in [0.5, 0.6) is 0 Å². The maximum Gasteiger partial charge on any atom is 0.142 e. The Morgan fingerprint density at radius 2 is 2.00 bits per heavy atom. The molecule has 76 valence electrons. The van der Waals surface area contributed by atoms with E-state index in [0.29, 0.717) is 6.04 Å². The molecular formula is C11H16N2O. The summed E-state index contributed by atoms with van der Waals surface area (Å²) < 4.78 is 1.97. The SMILES string of the molecule is Cc1nn(C(C)C)c(C)c1/C=C/C=O. The Labute approximate surface area is 84.4 Å². The number of aromatic nitrogens is 2. The lowest BCUT2D eigenvalue weighted by atomic mass is 10.2. The molecule has 0 fully saturated rings. The minimum Gasteiger partial charge on any atom is -0.299 e. The van der Waals surface area contributed by atoms with Crippen molar-refractivity contribution >= 4 is 12.4 Å². The normalized spacial score (nSPS) is 11.5. The van der Waals surface area contributed by atoms with E-state index in [1.807, 2.05) is 24.6 Å². The number of hydrogen-bond donors (Lipinski definition) is 0. The summed E-state index contributed by atoms with van der Waals surface area (Å²) in [6, 6.07) is 0.354. The zero-order chi connectivity index (χ0) is 10.7. The first-order chi connectivity index (χ1) is 6.57. The van der Waals surface area contributed by atoms with Gasteiger partial charge in [-0.15, -0.1) is 0 Å². The maximum atomic E-state index is 10.2. The van der Waals surface area contributed by atoms with Crippen molar-refractivity contribution in [3.63, 3.8) is 0 Å². The molecule has 0 amide bonds. The Morgan fingerprint density at radius 1 is 1.36 bits per heavy atom. The summed E-state index contributed by atoms with van der Waals surface area (Å²) in [6.45, 7) is 8.15. The number of aldehydes is 1. The van der Waals surface area contributed by atoms with E-state index >= 15 is 0 Å². The van der Waals surface area contributed by atoms with E-state index < -0.39 is 0 Å². The molecule has 0 saturated heterocycles. The van der Waals surface area contributed by atoms with E-state index in [9.17, 15) is 4.79 Å². The highest BCUT2D eigenvalue weighted by atomic mass is 16.1. The molecule has 1 aromatic heterocycles. The van der Waals surface area contributed by atoms with E-state index in [4.69, 9.17) is 0 Å². The number of aryl methyl sites for hydroxylation is 1. The summed E-state index contributed by atoms with van der Waals surface area (Å²) in [5.74, 6) is 0. The lowest BCUT2D eigenvalue weighted by Gasteiger charge is -2.07. The van der Waals surface area contributed by atoms with Gasteiger partial charge in [-0.05, 0) is 39.8 Å². The first-order valence-electron chi connectivity index (χ1n) is 4.75. The Hall–Kier alpha value is -1.38. The van der Waals surface area contributed by atoms with E-state index in [1.54, 1.807) is 0 Å². The summed E-state index contributed by atoms with van der Waals surface area (Å²) >= 11 is 0. The zero-order valence-electron chi connectivity index (χ0n) is 9.11. The lowest BCUT2D eigenvalue weighted by molar-refractivity contribution is -0.104. The fraction of sp³-hybridized carbons (Fsp3) is 0.455. The third-order valence-corrected chi connectivity index (χ3v) is 2.21. The molecular weight excluding hydrogens is 176 g/mol. The Balaban J connectivity index is 3.17. The van der Waals surface area contributed by atoms with Crippen molar-refractivity contribution in [1.82, 2.24) is 9.78 Å². The van der Waals surface area contributed by atoms with E-state index in [2.05, 4.69) is 18.9 Å². The van der Waals surface area contributed by atoms with Gasteiger partial charge >= 0.3 is 0 Å². The Bertz CT molecular complexity index is 362. The van der Waals surface area contributed by atoms with Gasteiger partial charge in [0.25, 0.3) is 0 Å². The fourth-order valence-electron chi connectivity index (χ4n) is 1.56. The molecule has 0 bridgehead atoms. The maximum absolute atomic E-state index is 10.2. The molecule has 1 aromatic rings. The standard InChI is InChI=1S/C11H16N2O/c1-8(2)13-10(4)11(6-5-7-14)9(3)12-13/h5-8H,1-4H3/b6-5+. The van der Waals surface area contributed by atoms with Crippen molar-refractivity contribution in [3.8, 4) is 0 Å². The van der Waals surface area contributed by atoms with Crippen LogP contribution in [-0.2, 0) is 4.79 Å². The summed E-state index contributed by atoms with van der Waals surface area (Å²) in [7, 11) is 0. The number of nitrogens with zero attached hydrogens (tertiary/aromatic N) is 2. The first-order valence-corrected chi connectivity index (χ1v) is 4.75. The van der Waals surface area contributed by atoms with Crippen LogP contribution in [0.15, 0.2) is 6.08 Å². The smallest absolute Gasteiger partial charge is 0.142 e. The molecule has 0 aliphatic carbocycles. The third kappa shape index (κ3) is 1.92. The average Bonchev–Trinajstić information content (AvgIpc) is 2.40. The molecule has 0 spiro atoms. The molecule has 0 aromatic carbocycles. The van der Waals surface area contributed by atoms with Crippen molar-refractivity contribution in [2.24, 2.45) is 0 Å². The third-order valence-electron chi connectivity index (χ3n) is 2.21. The molecule has 0 radical (unpaired) electrons. The summed E-state index contributed by atoms with van der Waals surface area (Å²) in [5.41, 5.74) is 3.12. The highest BCUT2D eigenvalue weighted by Gasteiger charge is 2.10. The minimum absolute atomic E-state index is 0.354. The van der Waals surface area contributed by atoms with Crippen LogP contribution in [0.3, 0.4) is 0 Å². The predicted molar refractivity (Wildman–Crippen MR) is 57.2 cm³/mol. The van der Waals surface area contributed by atoms with E-state index in [0.717, 1.165) is 23.2 Å². The molecule has 14 heavy (non-hydrogen) atoms. The van der Waals surface area contributed by atoms with Crippen LogP contribution in [0.4, 0.5) is 0 Å². The minimum atomic E-state index is 0.354. The topological polar surface area (TPSA) is 34.9 Å². The van der Waals surface area contributed by atoms with Crippen LogP contribution in [0.2, 0.25) is 0 Å². The van der Waals surface area contributed by atoms with Gasteiger partial charge in [0.05, 0.1) is 5.69 Å². The van der Waals surface area contributed by atoms with Crippen LogP contribution in [-0.4, -0.2) is 16.1 Å². The number of carbonyl (C=O) groups excluding carboxylic acids is 1. The van der Waals surface area contributed by atoms with Gasteiger partial charge in [-0.25, -0.2) is 0 Å². The molecule has 0 saturated carbocycles. The number of allylic oxidation sites excluding steroid dienone is 1. The molecule has 0 atom stereocenters. The van der Waals surface area contributed by atoms with Gasteiger partial charge < -0.3 is 0 Å². The van der Waals surface area contributed by atoms with Gasteiger partial charge in [0.2, 0.25) is 0 Å². The molecule has 1 heterocycles. The van der Waals surface area contributed by atoms with Gasteiger partial charge in [-0.1, -0.05) is 0 Å². The van der Waals surface area contributed by atoms with Gasteiger partial charge in [0, 0.05) is 17.3 Å². The number of rotatable bonds is 3. The van der Waals surface area contributed by atoms with E-state index in [-0.39, 0.29) is 0 Å². The monoisotopic (exact) mass is 192 g/mol. The average molecular weight is 192 g/mol. The van der Waals surface area contributed by atoms with Crippen molar-refractivity contribution in [2.45, 2.75) is 33.7 Å². The Morgan fingerprint density at radius 3 is 2.43 bits per heavy atom. The van der Waals surface area contributed by atoms with Crippen LogP contribution in [0.1, 0.15) is 36.8 Å². The van der Waals surface area contributed by atoms with Crippen molar-refractivity contribution < 1.29 is 4.79 Å². The second kappa shape index (κ2) is 4.22. The lowest BCUT2D eigenvalue weighted by Crippen LogP contribution is -2.04. The molecule has 3 nitrogen and oxygen atoms in total. The zero-order valence-corrected chi connectivity index (χ0v) is 9.11. The highest BCUT2D eigenvalue weighted by Crippen LogP contribution is 2.18. The van der Waals surface area contributed by atoms with Crippen LogP contribution < -0.4 is 0 Å². The molecule has 3 heteroatoms. The van der Waals surface area contributed by atoms with Gasteiger partial charge in [0.15, 0.2) is 0 Å². The molecule has 1 rings (SSSR count). The predicted octanol–water partition coefficient (Wildman–Crippen LogP) is 2.29. The van der Waals surface area contributed by atoms with Crippen LogP contribution in [0, 0.1) is 13.8 Å². The van der Waals surface area contributed by atoms with Gasteiger partial charge in [0.1, 0.15) is 6.29 Å². The fourth-order valence-corrected chi connectivity index (χ4v) is 1.56. The van der Waals surface area contributed by atoms with Crippen LogP contribution >= 0.6 is 0 Å². The molecule has 0 N–H and O–H groups in total. The molecule has 0 aliphatic rings. The van der Waals surface area contributed by atoms with Crippen molar-refractivity contribution in [1.29, 1.82) is 0 Å². The highest BCUT2D eigenvalue weighted by molar-refractivity contribution is 5.74. The van der Waals surface area contributed by atoms with Gasteiger partial charge in [-0.3, -0.25) is 9.48 Å². The molecule has 0 aliphatic heterocycles. The van der Waals surface area contributed by atoms with Crippen LogP contribution in [0.25, 0.3) is 6.08 Å². The summed E-state index contributed by atoms with van der Waals surface area (Å²) in [5, 5.41) is 4.41. The number of hydrogen-bond acceptors (Lipinski definition) is 2. The summed E-state index contributed by atoms with van der Waals surface area (Å²) in [6.07, 6.45) is 4.09. The second-order valence-electron chi connectivity index (χ2n) is 3.62. The first kappa shape index (κ1) is 10.7. The second-order valence-corrected chi connectivity index (χ2v) is 3.62. The van der Waals surface area contributed by atoms with Gasteiger partial charge in [-0.2, -0.15) is 5.10 Å². The Kier molecular flexibility index (Phi) is 3.23.